The molecule has 56 valence electrons. The Kier molecular flexibility index (Phi) is 3.25. The van der Waals surface area contributed by atoms with Crippen LogP contribution in [0.4, 0.5) is 0 Å². The van der Waals surface area contributed by atoms with Gasteiger partial charge >= 0.3 is 0 Å². The molecular weight excluding hydrogens is 124 g/mol. The first-order valence-electron chi connectivity index (χ1n) is 4.01. The molecule has 0 aromatic rings. The summed E-state index contributed by atoms with van der Waals surface area (Å²) in [5, 5.41) is 11.4. The number of nitrogens with zero attached hydrogens (tertiary/aromatic N) is 1. The molecule has 2 nitrogen and oxygen atoms in total. The van der Waals surface area contributed by atoms with E-state index < -0.39 is 0 Å². The first kappa shape index (κ1) is 7.56. The molecule has 1 aliphatic carbocycles. The van der Waals surface area contributed by atoms with Gasteiger partial charge in [-0.2, -0.15) is 5.26 Å². The van der Waals surface area contributed by atoms with E-state index in [-0.39, 0.29) is 0 Å². The lowest BCUT2D eigenvalue weighted by atomic mass is 10.3. The highest BCUT2D eigenvalue weighted by Gasteiger charge is 2.19. The molecule has 1 N–H and O–H groups in total. The highest BCUT2D eigenvalue weighted by atomic mass is 14.8. The standard InChI is InChI=1S/C8H14N2/c9-5-1-6-10-7-4-8-2-3-8/h8,10H,1-4,6-7H2. The predicted molar refractivity (Wildman–Crippen MR) is 40.4 cm³/mol. The maximum atomic E-state index is 8.20. The Balaban J connectivity index is 1.73. The molecule has 1 saturated carbocycles. The van der Waals surface area contributed by atoms with Crippen LogP contribution in [0.25, 0.3) is 0 Å². The second-order valence-electron chi connectivity index (χ2n) is 2.89. The molecule has 1 rings (SSSR count). The topological polar surface area (TPSA) is 35.8 Å². The van der Waals surface area contributed by atoms with Crippen molar-refractivity contribution in [3.63, 3.8) is 0 Å². The summed E-state index contributed by atoms with van der Waals surface area (Å²) in [6.45, 7) is 1.97. The molecule has 1 aliphatic rings. The van der Waals surface area contributed by atoms with E-state index in [9.17, 15) is 0 Å². The fraction of sp³-hybridized carbons (Fsp3) is 0.875. The van der Waals surface area contributed by atoms with Crippen LogP contribution in [0.1, 0.15) is 25.7 Å². The van der Waals surface area contributed by atoms with Crippen LogP contribution in [0.5, 0.6) is 0 Å². The molecule has 0 radical (unpaired) electrons. The Morgan fingerprint density at radius 1 is 1.40 bits per heavy atom. The van der Waals surface area contributed by atoms with E-state index in [0.29, 0.717) is 6.42 Å². The summed E-state index contributed by atoms with van der Waals surface area (Å²) in [6.07, 6.45) is 4.82. The van der Waals surface area contributed by atoms with Crippen molar-refractivity contribution in [2.24, 2.45) is 5.92 Å². The molecule has 0 amide bonds. The van der Waals surface area contributed by atoms with Gasteiger partial charge in [0.15, 0.2) is 0 Å². The Hall–Kier alpha value is -0.550. The monoisotopic (exact) mass is 138 g/mol. The fourth-order valence-electron chi connectivity index (χ4n) is 0.982. The van der Waals surface area contributed by atoms with Crippen molar-refractivity contribution in [2.45, 2.75) is 25.7 Å². The summed E-state index contributed by atoms with van der Waals surface area (Å²) in [6, 6.07) is 2.11. The minimum absolute atomic E-state index is 0.644. The van der Waals surface area contributed by atoms with E-state index in [2.05, 4.69) is 11.4 Å². The lowest BCUT2D eigenvalue weighted by molar-refractivity contribution is 0.618. The van der Waals surface area contributed by atoms with Crippen LogP contribution in [0.3, 0.4) is 0 Å². The molecule has 0 aromatic carbocycles. The van der Waals surface area contributed by atoms with Gasteiger partial charge in [0.2, 0.25) is 0 Å². The predicted octanol–water partition coefficient (Wildman–Crippen LogP) is 1.29. The molecule has 0 heterocycles. The van der Waals surface area contributed by atoms with Gasteiger partial charge in [-0.15, -0.1) is 0 Å². The summed E-state index contributed by atoms with van der Waals surface area (Å²) >= 11 is 0. The lowest BCUT2D eigenvalue weighted by Crippen LogP contribution is -2.16. The van der Waals surface area contributed by atoms with Crippen molar-refractivity contribution in [2.75, 3.05) is 13.1 Å². The number of rotatable bonds is 5. The fourth-order valence-corrected chi connectivity index (χ4v) is 0.982. The average molecular weight is 138 g/mol. The second kappa shape index (κ2) is 4.29. The molecule has 0 aliphatic heterocycles. The van der Waals surface area contributed by atoms with Crippen molar-refractivity contribution in [1.82, 2.24) is 5.32 Å². The third kappa shape index (κ3) is 3.47. The van der Waals surface area contributed by atoms with Gasteiger partial charge in [-0.05, 0) is 18.9 Å². The molecule has 0 atom stereocenters. The van der Waals surface area contributed by atoms with Gasteiger partial charge in [0, 0.05) is 13.0 Å². The molecule has 0 bridgehead atoms. The molecule has 0 saturated heterocycles. The summed E-state index contributed by atoms with van der Waals surface area (Å²) in [7, 11) is 0. The van der Waals surface area contributed by atoms with Crippen LogP contribution >= 0.6 is 0 Å². The highest BCUT2D eigenvalue weighted by molar-refractivity contribution is 4.75. The van der Waals surface area contributed by atoms with Crippen molar-refractivity contribution in [3.8, 4) is 6.07 Å². The lowest BCUT2D eigenvalue weighted by Gasteiger charge is -1.98. The summed E-state index contributed by atoms with van der Waals surface area (Å²) in [5.41, 5.74) is 0. The highest BCUT2D eigenvalue weighted by Crippen LogP contribution is 2.31. The van der Waals surface area contributed by atoms with Gasteiger partial charge in [-0.3, -0.25) is 0 Å². The smallest absolute Gasteiger partial charge is 0.0635 e. The summed E-state index contributed by atoms with van der Waals surface area (Å²) in [5.74, 6) is 1.01. The van der Waals surface area contributed by atoms with Crippen LogP contribution in [-0.4, -0.2) is 13.1 Å². The van der Waals surface area contributed by atoms with Crippen LogP contribution in [0.2, 0.25) is 0 Å². The van der Waals surface area contributed by atoms with Gasteiger partial charge < -0.3 is 5.32 Å². The minimum atomic E-state index is 0.644. The molecule has 2 heteroatoms. The Labute approximate surface area is 62.2 Å². The summed E-state index contributed by atoms with van der Waals surface area (Å²) in [4.78, 5) is 0. The van der Waals surface area contributed by atoms with E-state index in [1.165, 1.54) is 19.3 Å². The zero-order valence-corrected chi connectivity index (χ0v) is 6.27. The largest absolute Gasteiger partial charge is 0.316 e. The van der Waals surface area contributed by atoms with E-state index in [1.54, 1.807) is 0 Å². The van der Waals surface area contributed by atoms with E-state index >= 15 is 0 Å². The maximum absolute atomic E-state index is 8.20. The zero-order chi connectivity index (χ0) is 7.23. The van der Waals surface area contributed by atoms with Crippen LogP contribution in [-0.2, 0) is 0 Å². The normalized spacial score (nSPS) is 16.7. The van der Waals surface area contributed by atoms with Gasteiger partial charge in [0.1, 0.15) is 0 Å². The van der Waals surface area contributed by atoms with Gasteiger partial charge in [-0.1, -0.05) is 12.8 Å². The van der Waals surface area contributed by atoms with Crippen molar-refractivity contribution in [1.29, 1.82) is 5.26 Å². The number of nitrogens with one attached hydrogen (secondary N) is 1. The molecule has 1 fully saturated rings. The molecule has 0 unspecified atom stereocenters. The molecule has 0 spiro atoms. The van der Waals surface area contributed by atoms with Gasteiger partial charge in [0.05, 0.1) is 6.07 Å². The first-order valence-corrected chi connectivity index (χ1v) is 4.01. The minimum Gasteiger partial charge on any atom is -0.316 e. The molecular formula is C8H14N2. The average Bonchev–Trinajstić information content (AvgIpc) is 2.71. The van der Waals surface area contributed by atoms with E-state index in [1.807, 2.05) is 0 Å². The second-order valence-corrected chi connectivity index (χ2v) is 2.89. The quantitative estimate of drug-likeness (QED) is 0.581. The van der Waals surface area contributed by atoms with Crippen LogP contribution in [0.15, 0.2) is 0 Å². The van der Waals surface area contributed by atoms with Crippen molar-refractivity contribution < 1.29 is 0 Å². The molecule has 0 aromatic heterocycles. The number of hydrogen-bond acceptors (Lipinski definition) is 2. The van der Waals surface area contributed by atoms with Crippen molar-refractivity contribution >= 4 is 0 Å². The maximum Gasteiger partial charge on any atom is 0.0635 e. The van der Waals surface area contributed by atoms with E-state index in [0.717, 1.165) is 19.0 Å². The Bertz CT molecular complexity index is 122. The summed E-state index contributed by atoms with van der Waals surface area (Å²) < 4.78 is 0. The first-order chi connectivity index (χ1) is 4.93. The van der Waals surface area contributed by atoms with E-state index in [4.69, 9.17) is 5.26 Å². The van der Waals surface area contributed by atoms with Crippen LogP contribution < -0.4 is 5.32 Å². The van der Waals surface area contributed by atoms with Gasteiger partial charge in [0.25, 0.3) is 0 Å². The Morgan fingerprint density at radius 2 is 2.20 bits per heavy atom. The number of nitriles is 1. The molecule has 10 heavy (non-hydrogen) atoms. The Morgan fingerprint density at radius 3 is 2.80 bits per heavy atom. The van der Waals surface area contributed by atoms with Gasteiger partial charge in [-0.25, -0.2) is 0 Å². The number of hydrogen-bond donors (Lipinski definition) is 1. The van der Waals surface area contributed by atoms with Crippen molar-refractivity contribution in [3.05, 3.63) is 0 Å². The zero-order valence-electron chi connectivity index (χ0n) is 6.27. The van der Waals surface area contributed by atoms with Crippen LogP contribution in [0, 0.1) is 17.2 Å². The third-order valence-electron chi connectivity index (χ3n) is 1.84. The third-order valence-corrected chi connectivity index (χ3v) is 1.84. The SMILES string of the molecule is N#CCCNCCC1CC1.